The molecule has 0 aromatic carbocycles. The molecule has 0 aliphatic carbocycles. The number of rotatable bonds is 3. The molecule has 0 bridgehead atoms. The number of hydrogen-bond acceptors (Lipinski definition) is 3. The molecule has 0 atom stereocenters. The first-order chi connectivity index (χ1) is 7.76. The molecule has 0 saturated heterocycles. The van der Waals surface area contributed by atoms with Crippen molar-refractivity contribution in [2.45, 2.75) is 26.7 Å². The summed E-state index contributed by atoms with van der Waals surface area (Å²) in [4.78, 5) is 15.2. The summed E-state index contributed by atoms with van der Waals surface area (Å²) in [5.74, 6) is 4.67. The maximum absolute atomic E-state index is 10.9. The molecule has 0 spiro atoms. The fraction of sp³-hybridized carbons (Fsp3) is 0.385. The second-order valence-corrected chi connectivity index (χ2v) is 3.21. The average molecular weight is 217 g/mol. The number of hydrogen-bond donors (Lipinski definition) is 0. The zero-order valence-electron chi connectivity index (χ0n) is 9.62. The highest BCUT2D eigenvalue weighted by atomic mass is 16.5. The third kappa shape index (κ3) is 4.14. The Bertz CT molecular complexity index is 398. The van der Waals surface area contributed by atoms with Crippen molar-refractivity contribution >= 4 is 5.97 Å². The Balaban J connectivity index is 2.50. The first kappa shape index (κ1) is 12.3. The summed E-state index contributed by atoms with van der Waals surface area (Å²) < 4.78 is 4.68. The molecule has 0 unspecified atom stereocenters. The highest BCUT2D eigenvalue weighted by molar-refractivity contribution is 5.88. The van der Waals surface area contributed by atoms with E-state index in [9.17, 15) is 4.79 Å². The highest BCUT2D eigenvalue weighted by Crippen LogP contribution is 2.00. The molecule has 0 fully saturated rings. The Morgan fingerprint density at radius 1 is 1.44 bits per heavy atom. The zero-order valence-corrected chi connectivity index (χ0v) is 9.62. The third-order valence-electron chi connectivity index (χ3n) is 2.03. The Kier molecular flexibility index (Phi) is 5.07. The Labute approximate surface area is 95.8 Å². The Hall–Kier alpha value is -1.82. The van der Waals surface area contributed by atoms with Crippen LogP contribution in [0, 0.1) is 11.8 Å². The SMILES string of the molecule is CCOC(=O)C#CCc1ccc(CC)cn1. The van der Waals surface area contributed by atoms with E-state index in [2.05, 4.69) is 28.5 Å². The molecule has 0 amide bonds. The summed E-state index contributed by atoms with van der Waals surface area (Å²) >= 11 is 0. The molecular formula is C13H15NO2. The maximum Gasteiger partial charge on any atom is 0.384 e. The van der Waals surface area contributed by atoms with Crippen molar-refractivity contribution in [2.24, 2.45) is 0 Å². The molecule has 0 aliphatic rings. The van der Waals surface area contributed by atoms with Gasteiger partial charge in [-0.1, -0.05) is 18.9 Å². The lowest BCUT2D eigenvalue weighted by molar-refractivity contribution is -0.136. The van der Waals surface area contributed by atoms with Gasteiger partial charge in [0, 0.05) is 12.1 Å². The Morgan fingerprint density at radius 2 is 2.25 bits per heavy atom. The van der Waals surface area contributed by atoms with E-state index in [1.807, 2.05) is 18.3 Å². The van der Waals surface area contributed by atoms with Gasteiger partial charge in [-0.25, -0.2) is 4.79 Å². The van der Waals surface area contributed by atoms with Gasteiger partial charge in [-0.15, -0.1) is 0 Å². The van der Waals surface area contributed by atoms with Gasteiger partial charge in [0.2, 0.25) is 0 Å². The van der Waals surface area contributed by atoms with E-state index in [1.165, 1.54) is 5.56 Å². The van der Waals surface area contributed by atoms with E-state index in [4.69, 9.17) is 0 Å². The Morgan fingerprint density at radius 3 is 2.81 bits per heavy atom. The summed E-state index contributed by atoms with van der Waals surface area (Å²) in [5.41, 5.74) is 2.07. The number of esters is 1. The van der Waals surface area contributed by atoms with Crippen LogP contribution in [0.4, 0.5) is 0 Å². The normalized spacial score (nSPS) is 9.12. The van der Waals surface area contributed by atoms with Crippen LogP contribution in [0.15, 0.2) is 18.3 Å². The van der Waals surface area contributed by atoms with Crippen molar-refractivity contribution in [3.63, 3.8) is 0 Å². The maximum atomic E-state index is 10.9. The number of pyridine rings is 1. The van der Waals surface area contributed by atoms with Gasteiger partial charge in [0.25, 0.3) is 0 Å². The molecule has 1 aromatic heterocycles. The molecular weight excluding hydrogens is 202 g/mol. The van der Waals surface area contributed by atoms with E-state index in [0.717, 1.165) is 12.1 Å². The van der Waals surface area contributed by atoms with Gasteiger partial charge in [0.05, 0.1) is 18.7 Å². The monoisotopic (exact) mass is 217 g/mol. The van der Waals surface area contributed by atoms with Crippen LogP contribution in [0.2, 0.25) is 0 Å². The van der Waals surface area contributed by atoms with E-state index in [-0.39, 0.29) is 0 Å². The number of carbonyl (C=O) groups is 1. The molecule has 3 heteroatoms. The van der Waals surface area contributed by atoms with E-state index in [1.54, 1.807) is 6.92 Å². The van der Waals surface area contributed by atoms with Crippen molar-refractivity contribution < 1.29 is 9.53 Å². The molecule has 0 N–H and O–H groups in total. The summed E-state index contributed by atoms with van der Waals surface area (Å²) in [7, 11) is 0. The molecule has 1 heterocycles. The average Bonchev–Trinajstić information content (AvgIpc) is 2.30. The fourth-order valence-corrected chi connectivity index (χ4v) is 1.14. The molecule has 0 saturated carbocycles. The van der Waals surface area contributed by atoms with Crippen LogP contribution in [-0.4, -0.2) is 17.6 Å². The summed E-state index contributed by atoms with van der Waals surface area (Å²) in [6, 6.07) is 3.95. The molecule has 16 heavy (non-hydrogen) atoms. The lowest BCUT2D eigenvalue weighted by Crippen LogP contribution is -2.00. The van der Waals surface area contributed by atoms with Gasteiger partial charge in [-0.2, -0.15) is 0 Å². The minimum Gasteiger partial charge on any atom is -0.456 e. The van der Waals surface area contributed by atoms with Crippen LogP contribution in [0.25, 0.3) is 0 Å². The smallest absolute Gasteiger partial charge is 0.384 e. The van der Waals surface area contributed by atoms with Crippen LogP contribution in [0.3, 0.4) is 0 Å². The van der Waals surface area contributed by atoms with Gasteiger partial charge < -0.3 is 4.74 Å². The van der Waals surface area contributed by atoms with Crippen LogP contribution in [0.1, 0.15) is 25.1 Å². The minimum atomic E-state index is -0.479. The lowest BCUT2D eigenvalue weighted by atomic mass is 10.2. The van der Waals surface area contributed by atoms with Crippen molar-refractivity contribution in [3.05, 3.63) is 29.6 Å². The number of ether oxygens (including phenoxy) is 1. The quantitative estimate of drug-likeness (QED) is 0.440. The molecule has 0 aliphatic heterocycles. The van der Waals surface area contributed by atoms with Crippen molar-refractivity contribution in [2.75, 3.05) is 6.61 Å². The van der Waals surface area contributed by atoms with Gasteiger partial charge in [0.15, 0.2) is 0 Å². The van der Waals surface area contributed by atoms with Gasteiger partial charge in [0.1, 0.15) is 0 Å². The van der Waals surface area contributed by atoms with Crippen LogP contribution >= 0.6 is 0 Å². The topological polar surface area (TPSA) is 39.2 Å². The standard InChI is InChI=1S/C13H15NO2/c1-3-11-8-9-12(14-10-11)6-5-7-13(15)16-4-2/h8-10H,3-4,6H2,1-2H3. The van der Waals surface area contributed by atoms with Gasteiger partial charge >= 0.3 is 5.97 Å². The van der Waals surface area contributed by atoms with E-state index < -0.39 is 5.97 Å². The predicted molar refractivity (Wildman–Crippen MR) is 61.7 cm³/mol. The predicted octanol–water partition coefficient (Wildman–Crippen LogP) is 1.75. The van der Waals surface area contributed by atoms with Gasteiger partial charge in [-0.05, 0) is 25.0 Å². The van der Waals surface area contributed by atoms with Crippen molar-refractivity contribution in [1.82, 2.24) is 4.98 Å². The number of aryl methyl sites for hydroxylation is 1. The largest absolute Gasteiger partial charge is 0.456 e. The first-order valence-corrected chi connectivity index (χ1v) is 5.35. The lowest BCUT2D eigenvalue weighted by Gasteiger charge is -1.97. The van der Waals surface area contributed by atoms with Crippen molar-refractivity contribution in [1.29, 1.82) is 0 Å². The number of nitrogens with zero attached hydrogens (tertiary/aromatic N) is 1. The molecule has 3 nitrogen and oxygen atoms in total. The third-order valence-corrected chi connectivity index (χ3v) is 2.03. The number of carbonyl (C=O) groups excluding carboxylic acids is 1. The van der Waals surface area contributed by atoms with Crippen LogP contribution in [0.5, 0.6) is 0 Å². The minimum absolute atomic E-state index is 0.358. The molecule has 1 aromatic rings. The fourth-order valence-electron chi connectivity index (χ4n) is 1.14. The van der Waals surface area contributed by atoms with E-state index >= 15 is 0 Å². The number of aromatic nitrogens is 1. The van der Waals surface area contributed by atoms with Gasteiger partial charge in [-0.3, -0.25) is 4.98 Å². The summed E-state index contributed by atoms with van der Waals surface area (Å²) in [5, 5.41) is 0. The second-order valence-electron chi connectivity index (χ2n) is 3.21. The van der Waals surface area contributed by atoms with Crippen molar-refractivity contribution in [3.8, 4) is 11.8 Å². The summed E-state index contributed by atoms with van der Waals surface area (Å²) in [6.07, 6.45) is 3.28. The molecule has 84 valence electrons. The summed E-state index contributed by atoms with van der Waals surface area (Å²) in [6.45, 7) is 4.19. The highest BCUT2D eigenvalue weighted by Gasteiger charge is 1.94. The molecule has 1 rings (SSSR count). The second kappa shape index (κ2) is 6.62. The van der Waals surface area contributed by atoms with E-state index in [0.29, 0.717) is 13.0 Å². The molecule has 0 radical (unpaired) electrons. The zero-order chi connectivity index (χ0) is 11.8. The first-order valence-electron chi connectivity index (χ1n) is 5.35. The van der Waals surface area contributed by atoms with Crippen LogP contribution < -0.4 is 0 Å². The van der Waals surface area contributed by atoms with Crippen LogP contribution in [-0.2, 0) is 22.4 Å².